The largest absolute Gasteiger partial charge is 0.460 e. The van der Waals surface area contributed by atoms with Crippen molar-refractivity contribution < 1.29 is 19.1 Å². The number of ether oxygens (including phenoxy) is 1. The van der Waals surface area contributed by atoms with E-state index in [0.29, 0.717) is 22.8 Å². The quantitative estimate of drug-likeness (QED) is 0.332. The Bertz CT molecular complexity index is 783. The maximum absolute atomic E-state index is 12.2. The summed E-state index contributed by atoms with van der Waals surface area (Å²) in [6.45, 7) is 3.87. The summed E-state index contributed by atoms with van der Waals surface area (Å²) >= 11 is 5.95. The van der Waals surface area contributed by atoms with Crippen LogP contribution in [0.3, 0.4) is 0 Å². The summed E-state index contributed by atoms with van der Waals surface area (Å²) in [5, 5.41) is 4.79. The Kier molecular flexibility index (Phi) is 5.87. The summed E-state index contributed by atoms with van der Waals surface area (Å²) in [7, 11) is 0. The van der Waals surface area contributed by atoms with Crippen molar-refractivity contribution in [1.29, 1.82) is 0 Å². The number of nitrogens with zero attached hydrogens (tertiary/aromatic N) is 2. The number of hydrogen-bond acceptors (Lipinski definition) is 5. The Balaban J connectivity index is 2.10. The molecule has 0 saturated heterocycles. The summed E-state index contributed by atoms with van der Waals surface area (Å²) in [5.74, 6) is -2.30. The molecule has 0 radical (unpaired) electrons. The number of Topliss-reactive ketones (excluding diaryl/α,β-unsaturated/α-hetero) is 2. The molecule has 7 heteroatoms. The minimum absolute atomic E-state index is 0.0926. The second-order valence-corrected chi connectivity index (χ2v) is 5.61. The van der Waals surface area contributed by atoms with Crippen LogP contribution in [0.15, 0.2) is 30.5 Å². The van der Waals surface area contributed by atoms with E-state index in [2.05, 4.69) is 9.84 Å². The van der Waals surface area contributed by atoms with Gasteiger partial charge in [0.2, 0.25) is 5.78 Å². The topological polar surface area (TPSA) is 78.3 Å². The van der Waals surface area contributed by atoms with Crippen LogP contribution >= 0.6 is 11.6 Å². The highest BCUT2D eigenvalue weighted by molar-refractivity contribution is 6.38. The van der Waals surface area contributed by atoms with Crippen molar-refractivity contribution in [2.75, 3.05) is 6.61 Å². The highest BCUT2D eigenvalue weighted by Gasteiger charge is 2.22. The molecule has 2 rings (SSSR count). The molecule has 24 heavy (non-hydrogen) atoms. The number of esters is 1. The molecule has 0 spiro atoms. The van der Waals surface area contributed by atoms with Crippen LogP contribution in [0.4, 0.5) is 0 Å². The Hall–Kier alpha value is -2.47. The molecule has 1 aromatic heterocycles. The highest BCUT2D eigenvalue weighted by atomic mass is 35.5. The first kappa shape index (κ1) is 17.9. The fourth-order valence-electron chi connectivity index (χ4n) is 2.21. The second kappa shape index (κ2) is 7.88. The van der Waals surface area contributed by atoms with Gasteiger partial charge >= 0.3 is 5.97 Å². The fourth-order valence-corrected chi connectivity index (χ4v) is 2.43. The molecule has 0 atom stereocenters. The van der Waals surface area contributed by atoms with Gasteiger partial charge in [0.15, 0.2) is 5.78 Å². The van der Waals surface area contributed by atoms with Crippen molar-refractivity contribution in [3.63, 3.8) is 0 Å². The van der Waals surface area contributed by atoms with Crippen molar-refractivity contribution in [1.82, 2.24) is 9.78 Å². The molecule has 6 nitrogen and oxygen atoms in total. The third-order valence-electron chi connectivity index (χ3n) is 3.45. The lowest BCUT2D eigenvalue weighted by Crippen LogP contribution is -2.21. The van der Waals surface area contributed by atoms with E-state index in [4.69, 9.17) is 11.6 Å². The van der Waals surface area contributed by atoms with Gasteiger partial charge in [-0.05, 0) is 31.5 Å². The van der Waals surface area contributed by atoms with Crippen LogP contribution in [-0.4, -0.2) is 33.9 Å². The number of rotatable bonds is 7. The number of carbonyl (C=O) groups is 3. The molecule has 0 amide bonds. The molecule has 0 saturated carbocycles. The van der Waals surface area contributed by atoms with Crippen molar-refractivity contribution >= 4 is 29.1 Å². The molecule has 126 valence electrons. The maximum atomic E-state index is 12.2. The van der Waals surface area contributed by atoms with E-state index in [1.54, 1.807) is 24.6 Å². The van der Waals surface area contributed by atoms with Gasteiger partial charge < -0.3 is 4.74 Å². The van der Waals surface area contributed by atoms with Gasteiger partial charge in [-0.1, -0.05) is 23.7 Å². The zero-order valence-electron chi connectivity index (χ0n) is 13.4. The lowest BCUT2D eigenvalue weighted by molar-refractivity contribution is -0.153. The molecule has 0 aliphatic heterocycles. The number of carbonyl (C=O) groups excluding carboxylic acids is 3. The van der Waals surface area contributed by atoms with Crippen molar-refractivity contribution in [3.8, 4) is 0 Å². The maximum Gasteiger partial charge on any atom is 0.375 e. The second-order valence-electron chi connectivity index (χ2n) is 5.17. The Labute approximate surface area is 144 Å². The molecule has 1 aromatic carbocycles. The van der Waals surface area contributed by atoms with Crippen LogP contribution in [0.1, 0.15) is 35.0 Å². The van der Waals surface area contributed by atoms with Gasteiger partial charge in [-0.15, -0.1) is 0 Å². The van der Waals surface area contributed by atoms with Gasteiger partial charge in [0.25, 0.3) is 0 Å². The van der Waals surface area contributed by atoms with Crippen molar-refractivity contribution in [3.05, 3.63) is 52.3 Å². The summed E-state index contributed by atoms with van der Waals surface area (Å²) in [6, 6.07) is 7.32. The predicted molar refractivity (Wildman–Crippen MR) is 88.1 cm³/mol. The van der Waals surface area contributed by atoms with Crippen molar-refractivity contribution in [2.24, 2.45) is 0 Å². The average Bonchev–Trinajstić information content (AvgIpc) is 2.88. The van der Waals surface area contributed by atoms with Crippen molar-refractivity contribution in [2.45, 2.75) is 26.8 Å². The van der Waals surface area contributed by atoms with Crippen LogP contribution in [0, 0.1) is 6.92 Å². The lowest BCUT2D eigenvalue weighted by Gasteiger charge is -2.06. The first-order chi connectivity index (χ1) is 11.4. The van der Waals surface area contributed by atoms with E-state index in [1.165, 1.54) is 6.20 Å². The summed E-state index contributed by atoms with van der Waals surface area (Å²) < 4.78 is 6.24. The van der Waals surface area contributed by atoms with Crippen LogP contribution in [-0.2, 0) is 20.9 Å². The summed E-state index contributed by atoms with van der Waals surface area (Å²) in [6.07, 6.45) is 0.878. The number of benzene rings is 1. The Morgan fingerprint density at radius 3 is 2.71 bits per heavy atom. The zero-order valence-corrected chi connectivity index (χ0v) is 14.2. The molecule has 1 heterocycles. The Morgan fingerprint density at radius 1 is 1.29 bits per heavy atom. The first-order valence-electron chi connectivity index (χ1n) is 7.42. The summed E-state index contributed by atoms with van der Waals surface area (Å²) in [5.41, 5.74) is 1.88. The molecule has 0 aliphatic carbocycles. The van der Waals surface area contributed by atoms with Crippen LogP contribution in [0.2, 0.25) is 5.02 Å². The zero-order chi connectivity index (χ0) is 17.7. The number of ketones is 2. The van der Waals surface area contributed by atoms with Crippen LogP contribution in [0.5, 0.6) is 0 Å². The normalized spacial score (nSPS) is 10.5. The number of aromatic nitrogens is 2. The molecular weight excluding hydrogens is 332 g/mol. The van der Waals surface area contributed by atoms with Gasteiger partial charge in [0.1, 0.15) is 0 Å². The van der Waals surface area contributed by atoms with E-state index in [1.807, 2.05) is 18.2 Å². The average molecular weight is 349 g/mol. The minimum Gasteiger partial charge on any atom is -0.460 e. The van der Waals surface area contributed by atoms with Crippen LogP contribution in [0.25, 0.3) is 0 Å². The number of hydrogen-bond donors (Lipinski definition) is 0. The molecular formula is C17H17ClN2O4. The van der Waals surface area contributed by atoms with Gasteiger partial charge in [-0.2, -0.15) is 5.10 Å². The fraction of sp³-hybridized carbons (Fsp3) is 0.294. The molecule has 0 N–H and O–H groups in total. The minimum atomic E-state index is -0.991. The predicted octanol–water partition coefficient (Wildman–Crippen LogP) is 2.60. The van der Waals surface area contributed by atoms with E-state index in [0.717, 1.165) is 5.56 Å². The third kappa shape index (κ3) is 4.29. The van der Waals surface area contributed by atoms with E-state index in [-0.39, 0.29) is 6.61 Å². The lowest BCUT2D eigenvalue weighted by atomic mass is 10.1. The van der Waals surface area contributed by atoms with Gasteiger partial charge in [-0.3, -0.25) is 14.3 Å². The molecule has 2 aromatic rings. The van der Waals surface area contributed by atoms with Gasteiger partial charge in [0, 0.05) is 10.7 Å². The molecule has 0 bridgehead atoms. The smallest absolute Gasteiger partial charge is 0.375 e. The van der Waals surface area contributed by atoms with Gasteiger partial charge in [-0.25, -0.2) is 4.79 Å². The Morgan fingerprint density at radius 2 is 2.04 bits per heavy atom. The van der Waals surface area contributed by atoms with E-state index >= 15 is 0 Å². The monoisotopic (exact) mass is 348 g/mol. The number of halogens is 1. The van der Waals surface area contributed by atoms with E-state index < -0.39 is 24.0 Å². The SMILES string of the molecule is CCOC(=O)C(=O)CC(=O)c1cnn(Cc2cccc(Cl)c2)c1C. The highest BCUT2D eigenvalue weighted by Crippen LogP contribution is 2.15. The third-order valence-corrected chi connectivity index (χ3v) is 3.68. The first-order valence-corrected chi connectivity index (χ1v) is 7.80. The molecule has 0 aliphatic rings. The standard InChI is InChI=1S/C17H17ClN2O4/c1-3-24-17(23)16(22)8-15(21)14-9-19-20(11(14)2)10-12-5-4-6-13(18)7-12/h4-7,9H,3,8,10H2,1-2H3. The molecule has 0 unspecified atom stereocenters. The van der Waals surface area contributed by atoms with Crippen LogP contribution < -0.4 is 0 Å². The van der Waals surface area contributed by atoms with E-state index in [9.17, 15) is 14.4 Å². The van der Waals surface area contributed by atoms with Gasteiger partial charge in [0.05, 0.1) is 31.3 Å². The summed E-state index contributed by atoms with van der Waals surface area (Å²) in [4.78, 5) is 35.1. The molecule has 0 fully saturated rings.